The summed E-state index contributed by atoms with van der Waals surface area (Å²) in [5, 5.41) is 2.85. The second-order valence-corrected chi connectivity index (χ2v) is 5.97. The number of carbonyl (C=O) groups is 1. The third kappa shape index (κ3) is 2.79. The van der Waals surface area contributed by atoms with Gasteiger partial charge in [-0.2, -0.15) is 0 Å². The van der Waals surface area contributed by atoms with Gasteiger partial charge in [0.15, 0.2) is 5.82 Å². The molecule has 4 heteroatoms. The van der Waals surface area contributed by atoms with E-state index in [-0.39, 0.29) is 16.9 Å². The predicted octanol–water partition coefficient (Wildman–Crippen LogP) is 2.76. The molecule has 0 fully saturated rings. The highest BCUT2D eigenvalue weighted by Crippen LogP contribution is 2.35. The van der Waals surface area contributed by atoms with Gasteiger partial charge in [0.1, 0.15) is 0 Å². The lowest BCUT2D eigenvalue weighted by Gasteiger charge is -2.24. The van der Waals surface area contributed by atoms with Crippen LogP contribution in [0.15, 0.2) is 42.7 Å². The van der Waals surface area contributed by atoms with Gasteiger partial charge in [0.05, 0.1) is 11.8 Å². The first-order chi connectivity index (χ1) is 10.1. The Morgan fingerprint density at radius 1 is 1.29 bits per heavy atom. The second-order valence-electron chi connectivity index (χ2n) is 5.97. The van der Waals surface area contributed by atoms with Gasteiger partial charge < -0.3 is 5.32 Å². The van der Waals surface area contributed by atoms with Crippen molar-refractivity contribution in [2.75, 3.05) is 6.54 Å². The number of hydrogen-bond donors (Lipinski definition) is 1. The molecule has 1 aliphatic rings. The van der Waals surface area contributed by atoms with Gasteiger partial charge in [0, 0.05) is 12.7 Å². The number of nitrogens with one attached hydrogen (secondary N) is 1. The summed E-state index contributed by atoms with van der Waals surface area (Å²) in [6, 6.07) is 9.73. The highest BCUT2D eigenvalue weighted by Gasteiger charge is 2.33. The molecule has 3 nitrogen and oxygen atoms in total. The summed E-state index contributed by atoms with van der Waals surface area (Å²) in [5.41, 5.74) is 2.71. The smallest absolute Gasteiger partial charge is 0.254 e. The first kappa shape index (κ1) is 13.7. The average molecular weight is 284 g/mol. The molecule has 1 aromatic heterocycles. The number of nitrogens with zero attached hydrogens (tertiary/aromatic N) is 1. The SMILES string of the molecule is CC1(CNC(=O)c2ccncc2F)Cc2ccccc2C1. The molecule has 2 aromatic rings. The molecule has 0 saturated heterocycles. The summed E-state index contributed by atoms with van der Waals surface area (Å²) in [7, 11) is 0. The topological polar surface area (TPSA) is 42.0 Å². The van der Waals surface area contributed by atoms with Crippen LogP contribution in [-0.2, 0) is 12.8 Å². The fourth-order valence-electron chi connectivity index (χ4n) is 2.96. The van der Waals surface area contributed by atoms with E-state index in [9.17, 15) is 9.18 Å². The van der Waals surface area contributed by atoms with Crippen LogP contribution in [-0.4, -0.2) is 17.4 Å². The molecule has 1 N–H and O–H groups in total. The molecule has 1 aliphatic carbocycles. The number of benzene rings is 1. The molecule has 21 heavy (non-hydrogen) atoms. The lowest BCUT2D eigenvalue weighted by molar-refractivity contribution is 0.0930. The van der Waals surface area contributed by atoms with E-state index in [1.807, 2.05) is 12.1 Å². The monoisotopic (exact) mass is 284 g/mol. The van der Waals surface area contributed by atoms with Crippen LogP contribution in [0.25, 0.3) is 0 Å². The lowest BCUT2D eigenvalue weighted by Crippen LogP contribution is -2.36. The number of pyridine rings is 1. The zero-order chi connectivity index (χ0) is 14.9. The van der Waals surface area contributed by atoms with Crippen molar-refractivity contribution in [1.29, 1.82) is 0 Å². The van der Waals surface area contributed by atoms with Gasteiger partial charge in [-0.15, -0.1) is 0 Å². The van der Waals surface area contributed by atoms with Gasteiger partial charge in [0.25, 0.3) is 5.91 Å². The minimum absolute atomic E-state index is 0.0111. The Hall–Kier alpha value is -2.23. The minimum atomic E-state index is -0.588. The van der Waals surface area contributed by atoms with E-state index in [4.69, 9.17) is 0 Å². The van der Waals surface area contributed by atoms with E-state index < -0.39 is 5.82 Å². The van der Waals surface area contributed by atoms with E-state index in [1.165, 1.54) is 23.4 Å². The Morgan fingerprint density at radius 2 is 1.95 bits per heavy atom. The Balaban J connectivity index is 1.66. The van der Waals surface area contributed by atoms with Gasteiger partial charge >= 0.3 is 0 Å². The maximum atomic E-state index is 13.5. The van der Waals surface area contributed by atoms with Crippen molar-refractivity contribution in [3.8, 4) is 0 Å². The van der Waals surface area contributed by atoms with Crippen molar-refractivity contribution in [3.05, 3.63) is 65.2 Å². The van der Waals surface area contributed by atoms with Crippen molar-refractivity contribution >= 4 is 5.91 Å². The van der Waals surface area contributed by atoms with Crippen LogP contribution in [0.5, 0.6) is 0 Å². The number of halogens is 1. The van der Waals surface area contributed by atoms with Crippen LogP contribution in [0.4, 0.5) is 4.39 Å². The number of hydrogen-bond acceptors (Lipinski definition) is 2. The summed E-state index contributed by atoms with van der Waals surface area (Å²) in [4.78, 5) is 15.7. The van der Waals surface area contributed by atoms with Crippen molar-refractivity contribution < 1.29 is 9.18 Å². The van der Waals surface area contributed by atoms with Crippen LogP contribution < -0.4 is 5.32 Å². The van der Waals surface area contributed by atoms with Crippen molar-refractivity contribution in [2.45, 2.75) is 19.8 Å². The Morgan fingerprint density at radius 3 is 2.57 bits per heavy atom. The van der Waals surface area contributed by atoms with E-state index in [1.54, 1.807) is 0 Å². The highest BCUT2D eigenvalue weighted by molar-refractivity contribution is 5.94. The molecule has 3 rings (SSSR count). The van der Waals surface area contributed by atoms with E-state index in [0.717, 1.165) is 19.0 Å². The standard InChI is InChI=1S/C17H17FN2O/c1-17(8-12-4-2-3-5-13(12)9-17)11-20-16(21)14-6-7-19-10-15(14)18/h2-7,10H,8-9,11H2,1H3,(H,20,21). The maximum absolute atomic E-state index is 13.5. The number of aromatic nitrogens is 1. The molecule has 0 saturated carbocycles. The summed E-state index contributed by atoms with van der Waals surface area (Å²) in [6.07, 6.45) is 4.34. The molecule has 1 aromatic carbocycles. The zero-order valence-corrected chi connectivity index (χ0v) is 11.9. The van der Waals surface area contributed by atoms with Gasteiger partial charge in [-0.3, -0.25) is 9.78 Å². The molecule has 0 atom stereocenters. The second kappa shape index (κ2) is 5.28. The molecule has 108 valence electrons. The molecule has 0 unspecified atom stereocenters. The van der Waals surface area contributed by atoms with Crippen molar-refractivity contribution in [2.24, 2.45) is 5.41 Å². The fourth-order valence-corrected chi connectivity index (χ4v) is 2.96. The first-order valence-corrected chi connectivity index (χ1v) is 7.02. The van der Waals surface area contributed by atoms with Crippen LogP contribution >= 0.6 is 0 Å². The number of fused-ring (bicyclic) bond motifs is 1. The third-order valence-electron chi connectivity index (χ3n) is 4.05. The number of amides is 1. The van der Waals surface area contributed by atoms with Crippen LogP contribution in [0.1, 0.15) is 28.4 Å². The quantitative estimate of drug-likeness (QED) is 0.941. The fraction of sp³-hybridized carbons (Fsp3) is 0.294. The summed E-state index contributed by atoms with van der Waals surface area (Å²) in [6.45, 7) is 2.68. The molecular weight excluding hydrogens is 267 g/mol. The van der Waals surface area contributed by atoms with Crippen LogP contribution in [0, 0.1) is 11.2 Å². The molecule has 1 amide bonds. The minimum Gasteiger partial charge on any atom is -0.351 e. The summed E-state index contributed by atoms with van der Waals surface area (Å²) >= 11 is 0. The normalized spacial score (nSPS) is 15.5. The van der Waals surface area contributed by atoms with Gasteiger partial charge in [-0.25, -0.2) is 4.39 Å². The number of carbonyl (C=O) groups excluding carboxylic acids is 1. The third-order valence-corrected chi connectivity index (χ3v) is 4.05. The van der Waals surface area contributed by atoms with Crippen LogP contribution in [0.2, 0.25) is 0 Å². The van der Waals surface area contributed by atoms with Crippen molar-refractivity contribution in [3.63, 3.8) is 0 Å². The number of rotatable bonds is 3. The van der Waals surface area contributed by atoms with Crippen molar-refractivity contribution in [1.82, 2.24) is 10.3 Å². The van der Waals surface area contributed by atoms with Gasteiger partial charge in [0.2, 0.25) is 0 Å². The largest absolute Gasteiger partial charge is 0.351 e. The van der Waals surface area contributed by atoms with Crippen LogP contribution in [0.3, 0.4) is 0 Å². The summed E-state index contributed by atoms with van der Waals surface area (Å²) in [5.74, 6) is -0.970. The van der Waals surface area contributed by atoms with E-state index in [0.29, 0.717) is 6.54 Å². The molecular formula is C17H17FN2O. The molecule has 1 heterocycles. The van der Waals surface area contributed by atoms with E-state index in [2.05, 4.69) is 29.4 Å². The molecule has 0 spiro atoms. The van der Waals surface area contributed by atoms with Gasteiger partial charge in [-0.05, 0) is 35.4 Å². The highest BCUT2D eigenvalue weighted by atomic mass is 19.1. The lowest BCUT2D eigenvalue weighted by atomic mass is 9.87. The van der Waals surface area contributed by atoms with E-state index >= 15 is 0 Å². The predicted molar refractivity (Wildman–Crippen MR) is 78.5 cm³/mol. The first-order valence-electron chi connectivity index (χ1n) is 7.02. The van der Waals surface area contributed by atoms with Gasteiger partial charge in [-0.1, -0.05) is 31.2 Å². The molecule has 0 bridgehead atoms. The molecule has 0 radical (unpaired) electrons. The Kier molecular flexibility index (Phi) is 3.45. The maximum Gasteiger partial charge on any atom is 0.254 e. The summed E-state index contributed by atoms with van der Waals surface area (Å²) < 4.78 is 13.5. The molecule has 0 aliphatic heterocycles. The average Bonchev–Trinajstić information content (AvgIpc) is 2.82. The Bertz CT molecular complexity index is 659. The Labute approximate surface area is 123 Å². The zero-order valence-electron chi connectivity index (χ0n) is 11.9.